The Morgan fingerprint density at radius 3 is 2.34 bits per heavy atom. The van der Waals surface area contributed by atoms with Gasteiger partial charge < -0.3 is 14.7 Å². The van der Waals surface area contributed by atoms with Crippen molar-refractivity contribution in [2.75, 3.05) is 11.1 Å². The van der Waals surface area contributed by atoms with Crippen molar-refractivity contribution in [1.29, 1.82) is 0 Å². The highest BCUT2D eigenvalue weighted by Gasteiger charge is 2.35. The van der Waals surface area contributed by atoms with Gasteiger partial charge >= 0.3 is 12.0 Å². The zero-order chi connectivity index (χ0) is 23.1. The van der Waals surface area contributed by atoms with Crippen molar-refractivity contribution in [2.24, 2.45) is 0 Å². The third-order valence-corrected chi connectivity index (χ3v) is 8.14. The summed E-state index contributed by atoms with van der Waals surface area (Å²) in [4.78, 5) is 30.7. The van der Waals surface area contributed by atoms with Gasteiger partial charge in [-0.05, 0) is 59.3 Å². The largest absolute Gasteiger partial charge is 0.481 e. The van der Waals surface area contributed by atoms with Gasteiger partial charge in [0.05, 0.1) is 27.9 Å². The van der Waals surface area contributed by atoms with Gasteiger partial charge in [0, 0.05) is 12.1 Å². The molecule has 7 nitrogen and oxygen atoms in total. The number of hydrogen-bond acceptors (Lipinski definition) is 6. The molecule has 0 radical (unpaired) electrons. The molecular formula is C23H37N3O4S2. The summed E-state index contributed by atoms with van der Waals surface area (Å²) in [7, 11) is 0. The summed E-state index contributed by atoms with van der Waals surface area (Å²) >= 11 is 2.56. The monoisotopic (exact) mass is 483 g/mol. The number of aromatic nitrogens is 1. The summed E-state index contributed by atoms with van der Waals surface area (Å²) in [6.07, 6.45) is 12.7. The second-order valence-electron chi connectivity index (χ2n) is 9.81. The lowest BCUT2D eigenvalue weighted by molar-refractivity contribution is -0.133. The zero-order valence-corrected chi connectivity index (χ0v) is 21.1. The van der Waals surface area contributed by atoms with Crippen molar-refractivity contribution in [2.45, 2.75) is 113 Å². The van der Waals surface area contributed by atoms with Crippen LogP contribution in [-0.4, -0.2) is 56.5 Å². The fraction of sp³-hybridized carbons (Fsp3) is 0.783. The number of thioether (sulfide) groups is 1. The topological polar surface area (TPSA) is 91.8 Å². The zero-order valence-electron chi connectivity index (χ0n) is 19.5. The number of thiazole rings is 1. The summed E-state index contributed by atoms with van der Waals surface area (Å²) in [5.74, 6) is -0.872. The summed E-state index contributed by atoms with van der Waals surface area (Å²) in [6.45, 7) is 6.30. The van der Waals surface area contributed by atoms with Gasteiger partial charge in [0.2, 0.25) is 0 Å². The van der Waals surface area contributed by atoms with Gasteiger partial charge in [0.1, 0.15) is 0 Å². The van der Waals surface area contributed by atoms with E-state index < -0.39 is 5.97 Å². The molecule has 0 spiro atoms. The number of anilines is 1. The normalized spacial score (nSPS) is 22.8. The number of nitrogens with one attached hydrogen (secondary N) is 1. The molecule has 2 fully saturated rings. The average molecular weight is 484 g/mol. The highest BCUT2D eigenvalue weighted by molar-refractivity contribution is 8.01. The molecule has 180 valence electrons. The van der Waals surface area contributed by atoms with E-state index in [1.54, 1.807) is 6.20 Å². The Morgan fingerprint density at radius 1 is 1.12 bits per heavy atom. The van der Waals surface area contributed by atoms with E-state index in [2.05, 4.69) is 36.0 Å². The van der Waals surface area contributed by atoms with Crippen LogP contribution in [0.25, 0.3) is 0 Å². The van der Waals surface area contributed by atoms with Gasteiger partial charge in [0.15, 0.2) is 5.13 Å². The minimum absolute atomic E-state index is 0.0103. The maximum absolute atomic E-state index is 13.5. The third-order valence-electron chi connectivity index (χ3n) is 6.05. The fourth-order valence-electron chi connectivity index (χ4n) is 4.78. The first kappa shape index (κ1) is 25.3. The van der Waals surface area contributed by atoms with Crippen LogP contribution in [0, 0.1) is 0 Å². The molecule has 0 atom stereocenters. The lowest BCUT2D eigenvalue weighted by atomic mass is 9.89. The number of aliphatic carboxylic acids is 1. The molecular weight excluding hydrogens is 446 g/mol. The van der Waals surface area contributed by atoms with Crippen molar-refractivity contribution in [3.8, 4) is 0 Å². The molecule has 1 aromatic heterocycles. The fourth-order valence-corrected chi connectivity index (χ4v) is 6.36. The van der Waals surface area contributed by atoms with E-state index in [1.807, 2.05) is 0 Å². The van der Waals surface area contributed by atoms with Crippen LogP contribution < -0.4 is 5.32 Å². The molecule has 0 bridgehead atoms. The quantitative estimate of drug-likeness (QED) is 0.365. The first-order valence-electron chi connectivity index (χ1n) is 11.8. The molecule has 0 unspecified atom stereocenters. The minimum Gasteiger partial charge on any atom is -0.481 e. The highest BCUT2D eigenvalue weighted by atomic mass is 32.2. The lowest BCUT2D eigenvalue weighted by Gasteiger charge is -2.42. The van der Waals surface area contributed by atoms with E-state index in [1.165, 1.54) is 48.8 Å². The molecule has 3 rings (SSSR count). The van der Waals surface area contributed by atoms with E-state index in [0.29, 0.717) is 5.13 Å². The predicted octanol–water partition coefficient (Wildman–Crippen LogP) is 6.00. The molecule has 2 saturated carbocycles. The molecule has 0 aromatic carbocycles. The number of ether oxygens (including phenoxy) is 1. The number of urea groups is 1. The Morgan fingerprint density at radius 2 is 1.75 bits per heavy atom. The van der Waals surface area contributed by atoms with Crippen molar-refractivity contribution in [3.05, 3.63) is 6.20 Å². The smallest absolute Gasteiger partial charge is 0.324 e. The van der Waals surface area contributed by atoms with E-state index in [-0.39, 0.29) is 35.6 Å². The van der Waals surface area contributed by atoms with Gasteiger partial charge in [-0.2, -0.15) is 0 Å². The van der Waals surface area contributed by atoms with Crippen molar-refractivity contribution < 1.29 is 19.4 Å². The van der Waals surface area contributed by atoms with Crippen molar-refractivity contribution >= 4 is 40.2 Å². The van der Waals surface area contributed by atoms with Gasteiger partial charge in [-0.3, -0.25) is 10.1 Å². The Bertz CT molecular complexity index is 749. The van der Waals surface area contributed by atoms with Crippen LogP contribution in [-0.2, 0) is 9.53 Å². The Balaban J connectivity index is 1.66. The summed E-state index contributed by atoms with van der Waals surface area (Å²) < 4.78 is 6.99. The number of carboxylic acids is 1. The van der Waals surface area contributed by atoms with Crippen LogP contribution in [0.4, 0.5) is 9.93 Å². The van der Waals surface area contributed by atoms with Crippen LogP contribution >= 0.6 is 23.1 Å². The molecule has 0 saturated heterocycles. The number of amides is 2. The average Bonchev–Trinajstić information content (AvgIpc) is 2.98. The van der Waals surface area contributed by atoms with E-state index in [4.69, 9.17) is 9.84 Å². The number of hydrogen-bond donors (Lipinski definition) is 2. The SMILES string of the molecule is CC(C)(C)OC1CCC(N(C(=O)Nc2ncc(SCC(=O)O)s2)C2CCCCCC2)CC1. The molecule has 2 aliphatic carbocycles. The maximum atomic E-state index is 13.5. The van der Waals surface area contributed by atoms with Crippen molar-refractivity contribution in [3.63, 3.8) is 0 Å². The van der Waals surface area contributed by atoms with Crippen LogP contribution in [0.2, 0.25) is 0 Å². The maximum Gasteiger partial charge on any atom is 0.324 e. The number of carbonyl (C=O) groups is 2. The third kappa shape index (κ3) is 7.92. The van der Waals surface area contributed by atoms with Gasteiger partial charge in [0.25, 0.3) is 0 Å². The summed E-state index contributed by atoms with van der Waals surface area (Å²) in [6, 6.07) is 0.420. The number of rotatable bonds is 7. The number of carbonyl (C=O) groups excluding carboxylic acids is 1. The second-order valence-corrected chi connectivity index (χ2v) is 12.1. The van der Waals surface area contributed by atoms with Crippen LogP contribution in [0.1, 0.15) is 85.0 Å². The van der Waals surface area contributed by atoms with Crippen molar-refractivity contribution in [1.82, 2.24) is 9.88 Å². The molecule has 32 heavy (non-hydrogen) atoms. The Labute approximate surface area is 199 Å². The minimum atomic E-state index is -0.862. The van der Waals surface area contributed by atoms with Gasteiger partial charge in [-0.1, -0.05) is 37.0 Å². The molecule has 0 aliphatic heterocycles. The predicted molar refractivity (Wildman–Crippen MR) is 130 cm³/mol. The van der Waals surface area contributed by atoms with E-state index in [0.717, 1.165) is 42.7 Å². The van der Waals surface area contributed by atoms with E-state index >= 15 is 0 Å². The first-order chi connectivity index (χ1) is 15.2. The van der Waals surface area contributed by atoms with Gasteiger partial charge in [-0.15, -0.1) is 11.8 Å². The number of carboxylic acid groups (broad SMARTS) is 1. The summed E-state index contributed by atoms with van der Waals surface area (Å²) in [5, 5.41) is 12.4. The summed E-state index contributed by atoms with van der Waals surface area (Å²) in [5.41, 5.74) is -0.142. The van der Waals surface area contributed by atoms with E-state index in [9.17, 15) is 9.59 Å². The number of nitrogens with zero attached hydrogens (tertiary/aromatic N) is 2. The van der Waals surface area contributed by atoms with Crippen LogP contribution in [0.5, 0.6) is 0 Å². The molecule has 2 N–H and O–H groups in total. The highest BCUT2D eigenvalue weighted by Crippen LogP contribution is 2.34. The lowest BCUT2D eigenvalue weighted by Crippen LogP contribution is -2.51. The Hall–Kier alpha value is -1.32. The second kappa shape index (κ2) is 11.7. The van der Waals surface area contributed by atoms with Crippen LogP contribution in [0.15, 0.2) is 10.4 Å². The molecule has 1 heterocycles. The standard InChI is InChI=1S/C23H37N3O4S2/c1-23(2,3)30-18-12-10-17(11-13-18)26(16-8-6-4-5-7-9-16)22(29)25-21-24-14-20(32-21)31-15-19(27)28/h14,16-18H,4-13,15H2,1-3H3,(H,27,28)(H,24,25,29). The van der Waals surface area contributed by atoms with Crippen LogP contribution in [0.3, 0.4) is 0 Å². The molecule has 9 heteroatoms. The molecule has 2 aliphatic rings. The molecule has 2 amide bonds. The first-order valence-corrected chi connectivity index (χ1v) is 13.6. The van der Waals surface area contributed by atoms with Gasteiger partial charge in [-0.25, -0.2) is 9.78 Å². The Kier molecular flexibility index (Phi) is 9.25. The molecule has 1 aromatic rings.